The van der Waals surface area contributed by atoms with Crippen LogP contribution in [0.25, 0.3) is 5.69 Å². The second-order valence-electron chi connectivity index (χ2n) is 3.76. The summed E-state index contributed by atoms with van der Waals surface area (Å²) in [4.78, 5) is 0. The van der Waals surface area contributed by atoms with Crippen LogP contribution in [0.4, 0.5) is 14.5 Å². The molecule has 1 aromatic carbocycles. The Bertz CT molecular complexity index is 503. The summed E-state index contributed by atoms with van der Waals surface area (Å²) in [6, 6.07) is 7.52. The predicted molar refractivity (Wildman–Crippen MR) is 62.8 cm³/mol. The summed E-state index contributed by atoms with van der Waals surface area (Å²) < 4.78 is 26.8. The van der Waals surface area contributed by atoms with E-state index in [1.54, 1.807) is 13.2 Å². The number of hydrogen-bond donors (Lipinski definition) is 1. The zero-order valence-corrected chi connectivity index (χ0v) is 9.61. The van der Waals surface area contributed by atoms with Crippen LogP contribution in [0.3, 0.4) is 0 Å². The maximum Gasteiger partial charge on any atom is 0.284 e. The molecule has 0 aliphatic heterocycles. The van der Waals surface area contributed by atoms with Crippen molar-refractivity contribution in [2.45, 2.75) is 13.3 Å². The molecule has 0 saturated carbocycles. The van der Waals surface area contributed by atoms with Crippen molar-refractivity contribution in [3.05, 3.63) is 41.7 Å². The molecule has 1 aromatic heterocycles. The fraction of sp³-hybridized carbons (Fsp3) is 0.250. The van der Waals surface area contributed by atoms with Crippen molar-refractivity contribution in [3.63, 3.8) is 0 Å². The number of hydrogen-bond acceptors (Lipinski definition) is 2. The summed E-state index contributed by atoms with van der Waals surface area (Å²) in [6.07, 6.45) is -1.02. The van der Waals surface area contributed by atoms with Crippen molar-refractivity contribution in [1.29, 1.82) is 0 Å². The van der Waals surface area contributed by atoms with Gasteiger partial charge < -0.3 is 5.32 Å². The van der Waals surface area contributed by atoms with Gasteiger partial charge in [0.15, 0.2) is 5.69 Å². The van der Waals surface area contributed by atoms with Crippen molar-refractivity contribution in [1.82, 2.24) is 9.78 Å². The number of anilines is 1. The van der Waals surface area contributed by atoms with E-state index in [0.29, 0.717) is 5.69 Å². The summed E-state index contributed by atoms with van der Waals surface area (Å²) >= 11 is 0. The highest BCUT2D eigenvalue weighted by Crippen LogP contribution is 2.26. The van der Waals surface area contributed by atoms with Gasteiger partial charge in [0.1, 0.15) is 0 Å². The van der Waals surface area contributed by atoms with Gasteiger partial charge in [-0.25, -0.2) is 13.5 Å². The van der Waals surface area contributed by atoms with Crippen LogP contribution in [0.1, 0.15) is 17.7 Å². The molecular weight excluding hydrogens is 224 g/mol. The maximum atomic E-state index is 12.7. The molecule has 0 saturated heterocycles. The summed E-state index contributed by atoms with van der Waals surface area (Å²) in [7, 11) is 1.60. The number of aromatic nitrogens is 2. The Balaban J connectivity index is 2.42. The fourth-order valence-corrected chi connectivity index (χ4v) is 1.57. The van der Waals surface area contributed by atoms with E-state index in [1.165, 1.54) is 4.68 Å². The molecule has 0 spiro atoms. The second kappa shape index (κ2) is 4.53. The van der Waals surface area contributed by atoms with Crippen LogP contribution in [0.5, 0.6) is 0 Å². The summed E-state index contributed by atoms with van der Waals surface area (Å²) in [5.74, 6) is 0. The zero-order valence-electron chi connectivity index (χ0n) is 9.61. The molecule has 0 aliphatic rings. The van der Waals surface area contributed by atoms with Gasteiger partial charge >= 0.3 is 0 Å². The number of alkyl halides is 2. The van der Waals surface area contributed by atoms with Gasteiger partial charge in [0.05, 0.1) is 17.6 Å². The molecule has 0 aliphatic carbocycles. The first-order valence-corrected chi connectivity index (χ1v) is 5.24. The third-order valence-corrected chi connectivity index (χ3v) is 2.52. The number of aryl methyl sites for hydroxylation is 1. The minimum Gasteiger partial charge on any atom is -0.385 e. The molecule has 1 N–H and O–H groups in total. The van der Waals surface area contributed by atoms with Gasteiger partial charge in [0.25, 0.3) is 6.43 Å². The molecule has 3 nitrogen and oxygen atoms in total. The molecule has 2 aromatic rings. The van der Waals surface area contributed by atoms with Crippen molar-refractivity contribution in [2.24, 2.45) is 0 Å². The first-order chi connectivity index (χ1) is 8.11. The Morgan fingerprint density at radius 2 is 1.88 bits per heavy atom. The van der Waals surface area contributed by atoms with E-state index >= 15 is 0 Å². The van der Waals surface area contributed by atoms with Gasteiger partial charge in [0.2, 0.25) is 0 Å². The molecule has 0 atom stereocenters. The second-order valence-corrected chi connectivity index (χ2v) is 3.76. The average Bonchev–Trinajstić information content (AvgIpc) is 2.74. The lowest BCUT2D eigenvalue weighted by atomic mass is 10.2. The van der Waals surface area contributed by atoms with Crippen LogP contribution in [0, 0.1) is 6.92 Å². The Labute approximate surface area is 98.1 Å². The SMILES string of the molecule is CNc1cn(-c2ccc(C)cc2)nc1C(F)F. The molecule has 17 heavy (non-hydrogen) atoms. The fourth-order valence-electron chi connectivity index (χ4n) is 1.57. The number of nitrogens with zero attached hydrogens (tertiary/aromatic N) is 2. The lowest BCUT2D eigenvalue weighted by Gasteiger charge is -2.00. The van der Waals surface area contributed by atoms with Gasteiger partial charge in [-0.2, -0.15) is 5.10 Å². The lowest BCUT2D eigenvalue weighted by molar-refractivity contribution is 0.146. The van der Waals surface area contributed by atoms with Gasteiger partial charge in [-0.3, -0.25) is 0 Å². The van der Waals surface area contributed by atoms with E-state index in [2.05, 4.69) is 10.4 Å². The summed E-state index contributed by atoms with van der Waals surface area (Å²) in [6.45, 7) is 1.97. The van der Waals surface area contributed by atoms with E-state index in [0.717, 1.165) is 11.3 Å². The Morgan fingerprint density at radius 1 is 1.24 bits per heavy atom. The number of rotatable bonds is 3. The minimum atomic E-state index is -2.58. The van der Waals surface area contributed by atoms with Crippen LogP contribution in [-0.4, -0.2) is 16.8 Å². The minimum absolute atomic E-state index is 0.229. The van der Waals surface area contributed by atoms with Gasteiger partial charge in [-0.1, -0.05) is 17.7 Å². The van der Waals surface area contributed by atoms with E-state index in [9.17, 15) is 8.78 Å². The van der Waals surface area contributed by atoms with Crippen LogP contribution < -0.4 is 5.32 Å². The monoisotopic (exact) mass is 237 g/mol. The number of benzene rings is 1. The lowest BCUT2D eigenvalue weighted by Crippen LogP contribution is -1.96. The first-order valence-electron chi connectivity index (χ1n) is 5.24. The van der Waals surface area contributed by atoms with Crippen molar-refractivity contribution in [3.8, 4) is 5.69 Å². The molecule has 1 heterocycles. The summed E-state index contributed by atoms with van der Waals surface area (Å²) in [5, 5.41) is 6.60. The van der Waals surface area contributed by atoms with E-state index in [1.807, 2.05) is 31.2 Å². The molecule has 0 radical (unpaired) electrons. The molecule has 90 valence electrons. The van der Waals surface area contributed by atoms with Crippen LogP contribution in [0.15, 0.2) is 30.5 Å². The Hall–Kier alpha value is -1.91. The Kier molecular flexibility index (Phi) is 3.08. The summed E-state index contributed by atoms with van der Waals surface area (Å²) in [5.41, 5.74) is 2.00. The third-order valence-electron chi connectivity index (χ3n) is 2.52. The highest BCUT2D eigenvalue weighted by atomic mass is 19.3. The Morgan fingerprint density at radius 3 is 2.35 bits per heavy atom. The molecule has 0 unspecified atom stereocenters. The zero-order chi connectivity index (χ0) is 12.4. The van der Waals surface area contributed by atoms with Crippen LogP contribution in [-0.2, 0) is 0 Å². The highest BCUT2D eigenvalue weighted by molar-refractivity contribution is 5.49. The molecule has 0 amide bonds. The van der Waals surface area contributed by atoms with Gasteiger partial charge in [-0.05, 0) is 19.1 Å². The van der Waals surface area contributed by atoms with Gasteiger partial charge in [0, 0.05) is 7.05 Å². The molecular formula is C12H13F2N3. The average molecular weight is 237 g/mol. The molecule has 5 heteroatoms. The largest absolute Gasteiger partial charge is 0.385 e. The number of halogens is 2. The van der Waals surface area contributed by atoms with E-state index in [4.69, 9.17) is 0 Å². The normalized spacial score (nSPS) is 10.9. The highest BCUT2D eigenvalue weighted by Gasteiger charge is 2.17. The smallest absolute Gasteiger partial charge is 0.284 e. The van der Waals surface area contributed by atoms with E-state index < -0.39 is 6.43 Å². The van der Waals surface area contributed by atoms with Crippen molar-refractivity contribution < 1.29 is 8.78 Å². The molecule has 0 bridgehead atoms. The topological polar surface area (TPSA) is 29.9 Å². The van der Waals surface area contributed by atoms with Crippen molar-refractivity contribution in [2.75, 3.05) is 12.4 Å². The first kappa shape index (κ1) is 11.6. The number of nitrogens with one attached hydrogen (secondary N) is 1. The van der Waals surface area contributed by atoms with Crippen molar-refractivity contribution >= 4 is 5.69 Å². The van der Waals surface area contributed by atoms with Gasteiger partial charge in [-0.15, -0.1) is 0 Å². The third kappa shape index (κ3) is 2.27. The standard InChI is InChI=1S/C12H13F2N3/c1-8-3-5-9(6-4-8)17-7-10(15-2)11(16-17)12(13)14/h3-7,12,15H,1-2H3. The van der Waals surface area contributed by atoms with Crippen LogP contribution >= 0.6 is 0 Å². The van der Waals surface area contributed by atoms with Crippen LogP contribution in [0.2, 0.25) is 0 Å². The maximum absolute atomic E-state index is 12.7. The van der Waals surface area contributed by atoms with E-state index in [-0.39, 0.29) is 5.69 Å². The predicted octanol–water partition coefficient (Wildman–Crippen LogP) is 3.16. The molecule has 0 fully saturated rings. The quantitative estimate of drug-likeness (QED) is 0.888. The molecule has 2 rings (SSSR count).